The molecule has 1 heterocycles. The van der Waals surface area contributed by atoms with Crippen LogP contribution in [0.25, 0.3) is 17.1 Å². The number of hydrogen-bond acceptors (Lipinski definition) is 3. The van der Waals surface area contributed by atoms with Gasteiger partial charge in [-0.25, -0.2) is 10.5 Å². The molecule has 2 aromatic carbocycles. The van der Waals surface area contributed by atoms with E-state index >= 15 is 0 Å². The monoisotopic (exact) mass is 465 g/mol. The van der Waals surface area contributed by atoms with E-state index in [2.05, 4.69) is 10.5 Å². The molecule has 5 nitrogen and oxygen atoms in total. The largest absolute Gasteiger partial charge is 0.296 e. The molecule has 0 saturated carbocycles. The number of aromatic nitrogens is 2. The van der Waals surface area contributed by atoms with Crippen LogP contribution in [-0.2, 0) is 11.3 Å². The minimum Gasteiger partial charge on any atom is -0.296 e. The van der Waals surface area contributed by atoms with Crippen molar-refractivity contribution >= 4 is 40.7 Å². The highest BCUT2D eigenvalue weighted by atomic mass is 35.5. The van der Waals surface area contributed by atoms with Crippen molar-refractivity contribution < 1.29 is 9.63 Å². The first-order chi connectivity index (χ1) is 14.1. The third kappa shape index (κ3) is 4.98. The normalized spacial score (nSPS) is 11.6. The number of hydrogen-bond donors (Lipinski definition) is 1. The fourth-order valence-electron chi connectivity index (χ4n) is 2.93. The number of carbonyl (C=O) groups excluding carboxylic acids is 1. The molecular formula is C22H22Cl3N3O2. The Bertz CT molecular complexity index is 1070. The second-order valence-corrected chi connectivity index (χ2v) is 8.95. The van der Waals surface area contributed by atoms with Gasteiger partial charge in [0.15, 0.2) is 5.69 Å². The van der Waals surface area contributed by atoms with E-state index in [-0.39, 0.29) is 5.69 Å². The lowest BCUT2D eigenvalue weighted by Crippen LogP contribution is -2.34. The van der Waals surface area contributed by atoms with Gasteiger partial charge < -0.3 is 0 Å². The summed E-state index contributed by atoms with van der Waals surface area (Å²) in [6.45, 7) is 7.50. The molecule has 1 aromatic heterocycles. The lowest BCUT2D eigenvalue weighted by molar-refractivity contribution is -0.0591. The number of nitrogens with one attached hydrogen (secondary N) is 1. The van der Waals surface area contributed by atoms with Crippen LogP contribution in [0.5, 0.6) is 0 Å². The van der Waals surface area contributed by atoms with Crippen molar-refractivity contribution in [2.45, 2.75) is 39.7 Å². The number of hydroxylamine groups is 1. The molecular weight excluding hydrogens is 445 g/mol. The molecule has 0 unspecified atom stereocenters. The Hall–Kier alpha value is -2.05. The fourth-order valence-corrected chi connectivity index (χ4v) is 3.55. The van der Waals surface area contributed by atoms with Gasteiger partial charge in [0.2, 0.25) is 0 Å². The number of nitrogens with zero attached hydrogens (tertiary/aromatic N) is 2. The lowest BCUT2D eigenvalue weighted by Gasteiger charge is -2.18. The Kier molecular flexibility index (Phi) is 6.78. The maximum atomic E-state index is 12.9. The Labute approximate surface area is 190 Å². The van der Waals surface area contributed by atoms with Crippen molar-refractivity contribution in [1.29, 1.82) is 0 Å². The Balaban J connectivity index is 2.20. The van der Waals surface area contributed by atoms with Crippen LogP contribution in [0.1, 0.15) is 43.9 Å². The van der Waals surface area contributed by atoms with Gasteiger partial charge in [-0.15, -0.1) is 0 Å². The second kappa shape index (κ2) is 8.98. The van der Waals surface area contributed by atoms with Crippen LogP contribution in [0.2, 0.25) is 15.1 Å². The highest BCUT2D eigenvalue weighted by Crippen LogP contribution is 2.34. The van der Waals surface area contributed by atoms with E-state index in [1.54, 1.807) is 30.3 Å². The van der Waals surface area contributed by atoms with Crippen LogP contribution in [0, 0.1) is 0 Å². The first-order valence-electron chi connectivity index (χ1n) is 9.42. The minimum atomic E-state index is -0.539. The molecule has 0 aliphatic heterocycles. The van der Waals surface area contributed by atoms with Crippen LogP contribution in [0.3, 0.4) is 0 Å². The molecule has 1 N–H and O–H groups in total. The number of imidazole rings is 1. The molecule has 0 fully saturated rings. The van der Waals surface area contributed by atoms with E-state index in [4.69, 9.17) is 39.6 Å². The lowest BCUT2D eigenvalue weighted by atomic mass is 10.2. The summed E-state index contributed by atoms with van der Waals surface area (Å²) >= 11 is 18.6. The highest BCUT2D eigenvalue weighted by Gasteiger charge is 2.25. The average Bonchev–Trinajstić information content (AvgIpc) is 3.05. The van der Waals surface area contributed by atoms with Gasteiger partial charge >= 0.3 is 0 Å². The standard InChI is InChI=1S/C22H22Cl3N3O2/c1-5-18-19(21(29)27-30-22(2,3)4)26-20(16-11-8-14(24)12-17(16)25)28(18)15-9-6-13(23)7-10-15/h6-12H,5H2,1-4H3,(H,27,29). The summed E-state index contributed by atoms with van der Waals surface area (Å²) in [5.74, 6) is 0.0950. The quantitative estimate of drug-likeness (QED) is 0.435. The van der Waals surface area contributed by atoms with Gasteiger partial charge in [-0.1, -0.05) is 41.7 Å². The van der Waals surface area contributed by atoms with Crippen LogP contribution in [0.4, 0.5) is 0 Å². The summed E-state index contributed by atoms with van der Waals surface area (Å²) in [5, 5.41) is 1.56. The van der Waals surface area contributed by atoms with E-state index in [1.807, 2.05) is 44.4 Å². The molecule has 3 rings (SSSR count). The predicted molar refractivity (Wildman–Crippen MR) is 122 cm³/mol. The molecule has 8 heteroatoms. The number of amides is 1. The molecule has 0 saturated heterocycles. The molecule has 158 valence electrons. The summed E-state index contributed by atoms with van der Waals surface area (Å²) in [7, 11) is 0. The maximum absolute atomic E-state index is 12.9. The highest BCUT2D eigenvalue weighted by molar-refractivity contribution is 6.36. The summed E-state index contributed by atoms with van der Waals surface area (Å²) in [6, 6.07) is 12.5. The van der Waals surface area contributed by atoms with Gasteiger partial charge in [-0.3, -0.25) is 14.2 Å². The van der Waals surface area contributed by atoms with E-state index in [9.17, 15) is 4.79 Å². The summed E-state index contributed by atoms with van der Waals surface area (Å²) < 4.78 is 1.90. The van der Waals surface area contributed by atoms with Crippen LogP contribution >= 0.6 is 34.8 Å². The van der Waals surface area contributed by atoms with E-state index in [0.29, 0.717) is 38.6 Å². The van der Waals surface area contributed by atoms with Crippen molar-refractivity contribution in [3.8, 4) is 17.1 Å². The third-order valence-corrected chi connectivity index (χ3v) is 5.03. The average molecular weight is 467 g/mol. The zero-order chi connectivity index (χ0) is 22.1. The number of benzene rings is 2. The maximum Gasteiger partial charge on any atom is 0.295 e. The molecule has 0 bridgehead atoms. The number of carbonyl (C=O) groups is 1. The zero-order valence-corrected chi connectivity index (χ0v) is 19.4. The van der Waals surface area contributed by atoms with E-state index in [1.165, 1.54) is 0 Å². The first-order valence-corrected chi connectivity index (χ1v) is 10.6. The molecule has 0 atom stereocenters. The summed E-state index contributed by atoms with van der Waals surface area (Å²) in [4.78, 5) is 23.0. The molecule has 1 amide bonds. The third-order valence-electron chi connectivity index (χ3n) is 4.23. The minimum absolute atomic E-state index is 0.262. The van der Waals surface area contributed by atoms with Gasteiger partial charge in [-0.05, 0) is 69.7 Å². The molecule has 0 radical (unpaired) electrons. The smallest absolute Gasteiger partial charge is 0.295 e. The Morgan fingerprint density at radius 1 is 1.07 bits per heavy atom. The van der Waals surface area contributed by atoms with Crippen molar-refractivity contribution in [3.05, 3.63) is 68.9 Å². The van der Waals surface area contributed by atoms with Gasteiger partial charge in [-0.2, -0.15) is 0 Å². The summed E-state index contributed by atoms with van der Waals surface area (Å²) in [5.41, 5.74) is 4.40. The fraction of sp³-hybridized carbons (Fsp3) is 0.273. The predicted octanol–water partition coefficient (Wildman–Crippen LogP) is 6.52. The van der Waals surface area contributed by atoms with Crippen molar-refractivity contribution in [2.24, 2.45) is 0 Å². The SMILES string of the molecule is CCc1c(C(=O)NOC(C)(C)C)nc(-c2ccc(Cl)cc2Cl)n1-c1ccc(Cl)cc1. The van der Waals surface area contributed by atoms with Crippen molar-refractivity contribution in [3.63, 3.8) is 0 Å². The zero-order valence-electron chi connectivity index (χ0n) is 17.1. The van der Waals surface area contributed by atoms with Gasteiger partial charge in [0.1, 0.15) is 5.82 Å². The van der Waals surface area contributed by atoms with E-state index < -0.39 is 11.5 Å². The topological polar surface area (TPSA) is 56.1 Å². The van der Waals surface area contributed by atoms with Gasteiger partial charge in [0, 0.05) is 21.3 Å². The molecule has 0 aliphatic carbocycles. The number of halogens is 3. The molecule has 30 heavy (non-hydrogen) atoms. The Morgan fingerprint density at radius 2 is 1.70 bits per heavy atom. The van der Waals surface area contributed by atoms with Gasteiger partial charge in [0.05, 0.1) is 16.3 Å². The van der Waals surface area contributed by atoms with Crippen molar-refractivity contribution in [2.75, 3.05) is 0 Å². The second-order valence-electron chi connectivity index (χ2n) is 7.67. The van der Waals surface area contributed by atoms with Crippen LogP contribution in [-0.4, -0.2) is 21.1 Å². The van der Waals surface area contributed by atoms with Crippen LogP contribution in [0.15, 0.2) is 42.5 Å². The van der Waals surface area contributed by atoms with Gasteiger partial charge in [0.25, 0.3) is 5.91 Å². The molecule has 0 spiro atoms. The Morgan fingerprint density at radius 3 is 2.27 bits per heavy atom. The van der Waals surface area contributed by atoms with Crippen molar-refractivity contribution in [1.82, 2.24) is 15.0 Å². The van der Waals surface area contributed by atoms with Crippen LogP contribution < -0.4 is 5.48 Å². The number of rotatable bonds is 5. The first kappa shape index (κ1) is 22.6. The molecule has 3 aromatic rings. The molecule has 0 aliphatic rings. The van der Waals surface area contributed by atoms with E-state index in [0.717, 1.165) is 5.69 Å². The summed E-state index contributed by atoms with van der Waals surface area (Å²) in [6.07, 6.45) is 0.555.